The fourth-order valence-corrected chi connectivity index (χ4v) is 3.39. The van der Waals surface area contributed by atoms with Crippen LogP contribution in [-0.4, -0.2) is 49.6 Å². The molecule has 30 heavy (non-hydrogen) atoms. The first kappa shape index (κ1) is 24.7. The number of carbonyl (C=O) groups excluding carboxylic acids is 1. The molecule has 1 aromatic rings. The summed E-state index contributed by atoms with van der Waals surface area (Å²) in [6.45, 7) is 7.41. The second-order valence-corrected chi connectivity index (χ2v) is 7.91. The molecule has 2 aliphatic rings. The number of carbonyl (C=O) groups is 1. The van der Waals surface area contributed by atoms with E-state index in [0.717, 1.165) is 31.5 Å². The first-order chi connectivity index (χ1) is 14.1. The Morgan fingerprint density at radius 3 is 2.70 bits per heavy atom. The predicted molar refractivity (Wildman–Crippen MR) is 128 cm³/mol. The van der Waals surface area contributed by atoms with Gasteiger partial charge in [0.25, 0.3) is 0 Å². The van der Waals surface area contributed by atoms with Gasteiger partial charge in [-0.3, -0.25) is 9.79 Å². The lowest BCUT2D eigenvalue weighted by atomic mass is 10.1. The number of amides is 1. The van der Waals surface area contributed by atoms with Gasteiger partial charge in [0.05, 0.1) is 19.2 Å². The van der Waals surface area contributed by atoms with E-state index in [4.69, 9.17) is 4.74 Å². The van der Waals surface area contributed by atoms with Gasteiger partial charge in [-0.2, -0.15) is 0 Å². The SMILES string of the molecule is CCNC(=NCCC(=O)N1CCCC1)NC(C)c1ccc(OCC2CC2)c(F)c1.I. The highest BCUT2D eigenvalue weighted by atomic mass is 127. The highest BCUT2D eigenvalue weighted by molar-refractivity contribution is 14.0. The standard InChI is InChI=1S/C22H33FN4O2.HI/c1-3-24-22(25-11-10-21(28)27-12-4-5-13-27)26-16(2)18-8-9-20(19(23)14-18)29-15-17-6-7-17;/h8-9,14,16-17H,3-7,10-13,15H2,1-2H3,(H2,24,25,26);1H. The van der Waals surface area contributed by atoms with Gasteiger partial charge in [-0.05, 0) is 63.1 Å². The van der Waals surface area contributed by atoms with Crippen LogP contribution in [-0.2, 0) is 4.79 Å². The van der Waals surface area contributed by atoms with Gasteiger partial charge in [0.15, 0.2) is 17.5 Å². The van der Waals surface area contributed by atoms with Gasteiger partial charge in [-0.25, -0.2) is 4.39 Å². The number of ether oxygens (including phenoxy) is 1. The average Bonchev–Trinajstić information content (AvgIpc) is 3.37. The molecule has 1 atom stereocenters. The second kappa shape index (κ2) is 12.3. The average molecular weight is 532 g/mol. The third kappa shape index (κ3) is 7.59. The van der Waals surface area contributed by atoms with Crippen LogP contribution >= 0.6 is 24.0 Å². The minimum Gasteiger partial charge on any atom is -0.490 e. The molecule has 8 heteroatoms. The molecular weight excluding hydrogens is 498 g/mol. The maximum Gasteiger partial charge on any atom is 0.224 e. The van der Waals surface area contributed by atoms with Crippen molar-refractivity contribution >= 4 is 35.8 Å². The van der Waals surface area contributed by atoms with Crippen LogP contribution in [0.2, 0.25) is 0 Å². The Bertz CT molecular complexity index is 721. The Morgan fingerprint density at radius 2 is 2.07 bits per heavy atom. The molecule has 0 spiro atoms. The van der Waals surface area contributed by atoms with E-state index < -0.39 is 0 Å². The van der Waals surface area contributed by atoms with Crippen molar-refractivity contribution in [2.75, 3.05) is 32.8 Å². The lowest BCUT2D eigenvalue weighted by Gasteiger charge is -2.19. The van der Waals surface area contributed by atoms with Crippen molar-refractivity contribution in [2.45, 2.75) is 52.0 Å². The number of likely N-dealkylation sites (tertiary alicyclic amines) is 1. The lowest BCUT2D eigenvalue weighted by molar-refractivity contribution is -0.129. The monoisotopic (exact) mass is 532 g/mol. The predicted octanol–water partition coefficient (Wildman–Crippen LogP) is 3.86. The molecule has 1 heterocycles. The van der Waals surface area contributed by atoms with Crippen molar-refractivity contribution in [3.05, 3.63) is 29.6 Å². The molecule has 1 unspecified atom stereocenters. The summed E-state index contributed by atoms with van der Waals surface area (Å²) >= 11 is 0. The molecule has 1 aliphatic carbocycles. The minimum atomic E-state index is -0.338. The third-order valence-corrected chi connectivity index (χ3v) is 5.38. The maximum absolute atomic E-state index is 14.4. The zero-order valence-corrected chi connectivity index (χ0v) is 20.3. The smallest absolute Gasteiger partial charge is 0.224 e. The summed E-state index contributed by atoms with van der Waals surface area (Å²) in [4.78, 5) is 18.6. The highest BCUT2D eigenvalue weighted by Gasteiger charge is 2.22. The number of hydrogen-bond donors (Lipinski definition) is 2. The quantitative estimate of drug-likeness (QED) is 0.288. The van der Waals surface area contributed by atoms with Gasteiger partial charge in [0.2, 0.25) is 5.91 Å². The van der Waals surface area contributed by atoms with Gasteiger partial charge in [0, 0.05) is 26.1 Å². The molecule has 3 rings (SSSR count). The van der Waals surface area contributed by atoms with Gasteiger partial charge in [0.1, 0.15) is 0 Å². The normalized spacial score (nSPS) is 17.3. The Kier molecular flexibility index (Phi) is 10.1. The Labute approximate surface area is 196 Å². The zero-order chi connectivity index (χ0) is 20.6. The zero-order valence-electron chi connectivity index (χ0n) is 18.0. The van der Waals surface area contributed by atoms with Gasteiger partial charge < -0.3 is 20.3 Å². The van der Waals surface area contributed by atoms with E-state index in [1.54, 1.807) is 6.07 Å². The molecule has 1 aromatic carbocycles. The summed E-state index contributed by atoms with van der Waals surface area (Å²) in [5.41, 5.74) is 0.819. The molecule has 0 aromatic heterocycles. The van der Waals surface area contributed by atoms with E-state index in [2.05, 4.69) is 15.6 Å². The molecule has 0 radical (unpaired) electrons. The maximum atomic E-state index is 14.4. The van der Waals surface area contributed by atoms with Crippen LogP contribution in [0.3, 0.4) is 0 Å². The fraction of sp³-hybridized carbons (Fsp3) is 0.636. The molecule has 2 N–H and O–H groups in total. The number of nitrogens with one attached hydrogen (secondary N) is 2. The molecule has 1 aliphatic heterocycles. The van der Waals surface area contributed by atoms with Crippen LogP contribution in [0, 0.1) is 11.7 Å². The topological polar surface area (TPSA) is 66.0 Å². The summed E-state index contributed by atoms with van der Waals surface area (Å²) in [5.74, 6) is 1.36. The molecule has 1 saturated carbocycles. The van der Waals surface area contributed by atoms with Crippen LogP contribution in [0.4, 0.5) is 4.39 Å². The Hall–Kier alpha value is -1.58. The third-order valence-electron chi connectivity index (χ3n) is 5.38. The van der Waals surface area contributed by atoms with Crippen molar-refractivity contribution in [3.63, 3.8) is 0 Å². The summed E-state index contributed by atoms with van der Waals surface area (Å²) < 4.78 is 19.9. The summed E-state index contributed by atoms with van der Waals surface area (Å²) in [6.07, 6.45) is 4.95. The molecular formula is C22H34FIN4O2. The van der Waals surface area contributed by atoms with E-state index in [1.807, 2.05) is 24.8 Å². The first-order valence-electron chi connectivity index (χ1n) is 10.8. The summed E-state index contributed by atoms with van der Waals surface area (Å²) in [7, 11) is 0. The molecule has 1 amide bonds. The first-order valence-corrected chi connectivity index (χ1v) is 10.8. The van der Waals surface area contributed by atoms with E-state index in [1.165, 1.54) is 18.9 Å². The van der Waals surface area contributed by atoms with Gasteiger partial charge >= 0.3 is 0 Å². The van der Waals surface area contributed by atoms with Crippen LogP contribution in [0.25, 0.3) is 0 Å². The number of hydrogen-bond acceptors (Lipinski definition) is 3. The summed E-state index contributed by atoms with van der Waals surface area (Å²) in [6, 6.07) is 4.96. The molecule has 6 nitrogen and oxygen atoms in total. The van der Waals surface area contributed by atoms with Crippen LogP contribution < -0.4 is 15.4 Å². The van der Waals surface area contributed by atoms with Crippen molar-refractivity contribution in [1.29, 1.82) is 0 Å². The van der Waals surface area contributed by atoms with E-state index >= 15 is 0 Å². The number of rotatable bonds is 9. The van der Waals surface area contributed by atoms with Crippen molar-refractivity contribution < 1.29 is 13.9 Å². The summed E-state index contributed by atoms with van der Waals surface area (Å²) in [5, 5.41) is 6.48. The lowest BCUT2D eigenvalue weighted by Crippen LogP contribution is -2.39. The second-order valence-electron chi connectivity index (χ2n) is 7.91. The Morgan fingerprint density at radius 1 is 1.33 bits per heavy atom. The largest absolute Gasteiger partial charge is 0.490 e. The van der Waals surface area contributed by atoms with E-state index in [-0.39, 0.29) is 41.7 Å². The number of guanidine groups is 1. The molecule has 2 fully saturated rings. The van der Waals surface area contributed by atoms with Gasteiger partial charge in [-0.1, -0.05) is 6.07 Å². The molecule has 0 bridgehead atoms. The molecule has 1 saturated heterocycles. The highest BCUT2D eigenvalue weighted by Crippen LogP contribution is 2.30. The minimum absolute atomic E-state index is 0. The number of aliphatic imine (C=N–C) groups is 1. The van der Waals surface area contributed by atoms with Crippen LogP contribution in [0.15, 0.2) is 23.2 Å². The molecule has 168 valence electrons. The Balaban J connectivity index is 0.00000320. The number of nitrogens with zero attached hydrogens (tertiary/aromatic N) is 2. The van der Waals surface area contributed by atoms with Crippen molar-refractivity contribution in [3.8, 4) is 5.75 Å². The van der Waals surface area contributed by atoms with E-state index in [0.29, 0.717) is 43.7 Å². The van der Waals surface area contributed by atoms with Crippen LogP contribution in [0.1, 0.15) is 57.6 Å². The van der Waals surface area contributed by atoms with Crippen LogP contribution in [0.5, 0.6) is 5.75 Å². The fourth-order valence-electron chi connectivity index (χ4n) is 3.39. The van der Waals surface area contributed by atoms with Gasteiger partial charge in [-0.15, -0.1) is 24.0 Å². The number of benzene rings is 1. The van der Waals surface area contributed by atoms with Crippen molar-refractivity contribution in [1.82, 2.24) is 15.5 Å². The van der Waals surface area contributed by atoms with Crippen molar-refractivity contribution in [2.24, 2.45) is 10.9 Å². The number of halogens is 2. The van der Waals surface area contributed by atoms with E-state index in [9.17, 15) is 9.18 Å².